The molecule has 0 aliphatic carbocycles. The van der Waals surface area contributed by atoms with Crippen molar-refractivity contribution in [1.29, 1.82) is 0 Å². The van der Waals surface area contributed by atoms with Crippen LogP contribution in [-0.2, 0) is 4.74 Å². The molecule has 2 aliphatic heterocycles. The van der Waals surface area contributed by atoms with Gasteiger partial charge in [0, 0.05) is 25.3 Å². The van der Waals surface area contributed by atoms with Crippen molar-refractivity contribution >= 4 is 11.4 Å². The van der Waals surface area contributed by atoms with Gasteiger partial charge < -0.3 is 25.3 Å². The number of hydrogen-bond acceptors (Lipinski definition) is 5. The Morgan fingerprint density at radius 3 is 2.67 bits per heavy atom. The van der Waals surface area contributed by atoms with E-state index in [0.717, 1.165) is 43.2 Å². The van der Waals surface area contributed by atoms with Gasteiger partial charge >= 0.3 is 0 Å². The van der Waals surface area contributed by atoms with Crippen LogP contribution in [0.5, 0.6) is 11.5 Å². The van der Waals surface area contributed by atoms with E-state index in [1.807, 2.05) is 12.1 Å². The Balaban J connectivity index is 1.70. The summed E-state index contributed by atoms with van der Waals surface area (Å²) in [6, 6.07) is 3.71. The minimum Gasteiger partial charge on any atom is -0.486 e. The number of anilines is 2. The van der Waals surface area contributed by atoms with E-state index < -0.39 is 0 Å². The molecule has 5 heteroatoms. The van der Waals surface area contributed by atoms with Crippen molar-refractivity contribution in [3.63, 3.8) is 0 Å². The Morgan fingerprint density at radius 2 is 1.94 bits per heavy atom. The first-order valence-corrected chi connectivity index (χ1v) is 6.37. The van der Waals surface area contributed by atoms with Gasteiger partial charge in [0.15, 0.2) is 11.5 Å². The van der Waals surface area contributed by atoms with E-state index in [0.29, 0.717) is 18.9 Å². The molecule has 0 bridgehead atoms. The lowest BCUT2D eigenvalue weighted by Crippen LogP contribution is -2.20. The highest BCUT2D eigenvalue weighted by atomic mass is 16.6. The number of nitrogens with one attached hydrogen (secondary N) is 1. The van der Waals surface area contributed by atoms with Gasteiger partial charge in [-0.3, -0.25) is 0 Å². The van der Waals surface area contributed by atoms with Gasteiger partial charge in [0.25, 0.3) is 0 Å². The molecule has 1 aromatic rings. The second kappa shape index (κ2) is 4.94. The third-order valence-electron chi connectivity index (χ3n) is 3.26. The van der Waals surface area contributed by atoms with Crippen molar-refractivity contribution in [3.8, 4) is 11.5 Å². The SMILES string of the molecule is Nc1cc2c(cc1NCC1CCCO1)OCCO2. The fourth-order valence-electron chi connectivity index (χ4n) is 2.29. The summed E-state index contributed by atoms with van der Waals surface area (Å²) in [5.74, 6) is 1.48. The van der Waals surface area contributed by atoms with Gasteiger partial charge in [-0.1, -0.05) is 0 Å². The molecule has 1 fully saturated rings. The van der Waals surface area contributed by atoms with Gasteiger partial charge in [0.05, 0.1) is 17.5 Å². The third kappa shape index (κ3) is 2.31. The maximum absolute atomic E-state index is 5.99. The van der Waals surface area contributed by atoms with E-state index in [2.05, 4.69) is 5.32 Å². The average Bonchev–Trinajstić information content (AvgIpc) is 2.89. The molecule has 1 atom stereocenters. The molecule has 1 saturated heterocycles. The van der Waals surface area contributed by atoms with Crippen molar-refractivity contribution in [2.24, 2.45) is 0 Å². The monoisotopic (exact) mass is 250 g/mol. The largest absolute Gasteiger partial charge is 0.486 e. The zero-order valence-corrected chi connectivity index (χ0v) is 10.3. The van der Waals surface area contributed by atoms with Crippen LogP contribution in [0.4, 0.5) is 11.4 Å². The maximum Gasteiger partial charge on any atom is 0.163 e. The van der Waals surface area contributed by atoms with E-state index in [1.54, 1.807) is 0 Å². The molecule has 0 saturated carbocycles. The van der Waals surface area contributed by atoms with Gasteiger partial charge in [-0.25, -0.2) is 0 Å². The summed E-state index contributed by atoms with van der Waals surface area (Å²) in [6.45, 7) is 2.81. The Labute approximate surface area is 106 Å². The van der Waals surface area contributed by atoms with Crippen molar-refractivity contribution < 1.29 is 14.2 Å². The molecule has 98 valence electrons. The Bertz CT molecular complexity index is 430. The summed E-state index contributed by atoms with van der Waals surface area (Å²) >= 11 is 0. The molecule has 2 heterocycles. The molecular formula is C13H18N2O3. The molecule has 1 aromatic carbocycles. The van der Waals surface area contributed by atoms with Crippen LogP contribution in [0.3, 0.4) is 0 Å². The molecule has 0 spiro atoms. The number of hydrogen-bond donors (Lipinski definition) is 2. The van der Waals surface area contributed by atoms with Crippen LogP contribution in [0.15, 0.2) is 12.1 Å². The molecule has 0 radical (unpaired) electrons. The summed E-state index contributed by atoms with van der Waals surface area (Å²) in [4.78, 5) is 0. The third-order valence-corrected chi connectivity index (χ3v) is 3.26. The number of nitrogens with two attached hydrogens (primary N) is 1. The molecule has 3 N–H and O–H groups in total. The highest BCUT2D eigenvalue weighted by molar-refractivity contribution is 5.72. The number of fused-ring (bicyclic) bond motifs is 1. The lowest BCUT2D eigenvalue weighted by Gasteiger charge is -2.21. The second-order valence-electron chi connectivity index (χ2n) is 4.60. The van der Waals surface area contributed by atoms with Crippen LogP contribution in [-0.4, -0.2) is 32.5 Å². The standard InChI is InChI=1S/C13H18N2O3/c14-10-6-12-13(18-5-4-17-12)7-11(10)15-8-9-2-1-3-16-9/h6-7,9,15H,1-5,8,14H2. The predicted octanol–water partition coefficient (Wildman–Crippen LogP) is 1.63. The maximum atomic E-state index is 5.99. The van der Waals surface area contributed by atoms with Crippen LogP contribution in [0.2, 0.25) is 0 Å². The van der Waals surface area contributed by atoms with Crippen molar-refractivity contribution in [2.75, 3.05) is 37.4 Å². The average molecular weight is 250 g/mol. The summed E-state index contributed by atoms with van der Waals surface area (Å²) in [6.07, 6.45) is 2.54. The zero-order chi connectivity index (χ0) is 12.4. The lowest BCUT2D eigenvalue weighted by molar-refractivity contribution is 0.120. The van der Waals surface area contributed by atoms with Crippen LogP contribution >= 0.6 is 0 Å². The summed E-state index contributed by atoms with van der Waals surface area (Å²) < 4.78 is 16.6. The minimum absolute atomic E-state index is 0.289. The van der Waals surface area contributed by atoms with Crippen LogP contribution in [0.25, 0.3) is 0 Å². The number of nitrogen functional groups attached to an aromatic ring is 1. The van der Waals surface area contributed by atoms with E-state index in [9.17, 15) is 0 Å². The van der Waals surface area contributed by atoms with E-state index in [4.69, 9.17) is 19.9 Å². The molecule has 3 rings (SSSR count). The first-order valence-electron chi connectivity index (χ1n) is 6.37. The number of rotatable bonds is 3. The number of ether oxygens (including phenoxy) is 3. The summed E-state index contributed by atoms with van der Waals surface area (Å²) in [5, 5.41) is 3.32. The quantitative estimate of drug-likeness (QED) is 0.798. The molecule has 0 aromatic heterocycles. The lowest BCUT2D eigenvalue weighted by atomic mass is 10.2. The van der Waals surface area contributed by atoms with E-state index in [-0.39, 0.29) is 6.10 Å². The summed E-state index contributed by atoms with van der Waals surface area (Å²) in [7, 11) is 0. The predicted molar refractivity (Wildman–Crippen MR) is 69.3 cm³/mol. The van der Waals surface area contributed by atoms with Gasteiger partial charge in [0.2, 0.25) is 0 Å². The highest BCUT2D eigenvalue weighted by Crippen LogP contribution is 2.37. The van der Waals surface area contributed by atoms with Gasteiger partial charge in [-0.2, -0.15) is 0 Å². The Morgan fingerprint density at radius 1 is 1.17 bits per heavy atom. The topological polar surface area (TPSA) is 65.7 Å². The molecule has 2 aliphatic rings. The first-order chi connectivity index (χ1) is 8.83. The molecular weight excluding hydrogens is 232 g/mol. The fourth-order valence-corrected chi connectivity index (χ4v) is 2.29. The second-order valence-corrected chi connectivity index (χ2v) is 4.60. The molecule has 18 heavy (non-hydrogen) atoms. The van der Waals surface area contributed by atoms with Gasteiger partial charge in [0.1, 0.15) is 13.2 Å². The Hall–Kier alpha value is -1.62. The fraction of sp³-hybridized carbons (Fsp3) is 0.538. The van der Waals surface area contributed by atoms with Gasteiger partial charge in [-0.15, -0.1) is 0 Å². The normalized spacial score (nSPS) is 21.9. The number of benzene rings is 1. The van der Waals surface area contributed by atoms with E-state index >= 15 is 0 Å². The van der Waals surface area contributed by atoms with Crippen LogP contribution < -0.4 is 20.5 Å². The summed E-state index contributed by atoms with van der Waals surface area (Å²) in [5.41, 5.74) is 7.55. The zero-order valence-electron chi connectivity index (χ0n) is 10.3. The smallest absolute Gasteiger partial charge is 0.163 e. The van der Waals surface area contributed by atoms with Crippen molar-refractivity contribution in [2.45, 2.75) is 18.9 Å². The van der Waals surface area contributed by atoms with Crippen molar-refractivity contribution in [1.82, 2.24) is 0 Å². The highest BCUT2D eigenvalue weighted by Gasteiger charge is 2.17. The molecule has 5 nitrogen and oxygen atoms in total. The van der Waals surface area contributed by atoms with Crippen LogP contribution in [0.1, 0.15) is 12.8 Å². The molecule has 1 unspecified atom stereocenters. The van der Waals surface area contributed by atoms with Crippen LogP contribution in [0, 0.1) is 0 Å². The van der Waals surface area contributed by atoms with Crippen molar-refractivity contribution in [3.05, 3.63) is 12.1 Å². The first kappa shape index (κ1) is 11.5. The Kier molecular flexibility index (Phi) is 3.15. The minimum atomic E-state index is 0.289. The van der Waals surface area contributed by atoms with E-state index in [1.165, 1.54) is 0 Å². The van der Waals surface area contributed by atoms with Gasteiger partial charge in [-0.05, 0) is 12.8 Å². The molecule has 0 amide bonds.